The minimum atomic E-state index is -0.702. The second kappa shape index (κ2) is 4.66. The Balaban J connectivity index is 2.45. The lowest BCUT2D eigenvalue weighted by Crippen LogP contribution is -2.17. The van der Waals surface area contributed by atoms with Crippen LogP contribution in [-0.2, 0) is 0 Å². The first-order chi connectivity index (χ1) is 7.49. The highest BCUT2D eigenvalue weighted by Crippen LogP contribution is 2.44. The topological polar surface area (TPSA) is 0 Å². The van der Waals surface area contributed by atoms with Gasteiger partial charge in [-0.1, -0.05) is 41.4 Å². The van der Waals surface area contributed by atoms with Gasteiger partial charge in [-0.2, -0.15) is 12.6 Å². The Labute approximate surface area is 115 Å². The smallest absolute Gasteiger partial charge is 0.116 e. The molecular weight excluding hydrogens is 283 g/mol. The summed E-state index contributed by atoms with van der Waals surface area (Å²) in [5.74, 6) is 0. The molecule has 1 unspecified atom stereocenters. The molecule has 1 aromatic rings. The monoisotopic (exact) mass is 290 g/mol. The first-order valence-electron chi connectivity index (χ1n) is 4.74. The third kappa shape index (κ3) is 2.60. The van der Waals surface area contributed by atoms with E-state index in [2.05, 4.69) is 12.6 Å². The largest absolute Gasteiger partial charge is 0.151 e. The molecule has 0 N–H and O–H groups in total. The van der Waals surface area contributed by atoms with Crippen LogP contribution >= 0.6 is 47.4 Å². The third-order valence-electron chi connectivity index (χ3n) is 2.42. The van der Waals surface area contributed by atoms with Gasteiger partial charge in [0.2, 0.25) is 0 Å². The maximum absolute atomic E-state index is 6.34. The van der Waals surface area contributed by atoms with Crippen LogP contribution in [0.15, 0.2) is 41.4 Å². The average molecular weight is 292 g/mol. The summed E-state index contributed by atoms with van der Waals surface area (Å²) in [6.45, 7) is 0. The molecule has 0 saturated carbocycles. The van der Waals surface area contributed by atoms with Crippen LogP contribution in [0.2, 0.25) is 5.02 Å². The molecular formula is C12H9Cl3S. The summed E-state index contributed by atoms with van der Waals surface area (Å²) >= 11 is 22.6. The van der Waals surface area contributed by atoms with Gasteiger partial charge in [0.1, 0.15) is 4.21 Å². The molecule has 1 atom stereocenters. The van der Waals surface area contributed by atoms with Crippen LogP contribution in [0.3, 0.4) is 0 Å². The Morgan fingerprint density at radius 2 is 1.75 bits per heavy atom. The number of thiol groups is 1. The number of alkyl halides is 1. The highest BCUT2D eigenvalue weighted by molar-refractivity contribution is 7.84. The fraction of sp³-hybridized carbons (Fsp3) is 0.167. The van der Waals surface area contributed by atoms with Gasteiger partial charge >= 0.3 is 0 Å². The highest BCUT2D eigenvalue weighted by atomic mass is 35.5. The van der Waals surface area contributed by atoms with Crippen molar-refractivity contribution in [3.05, 3.63) is 52.0 Å². The molecule has 0 bridgehead atoms. The minimum absolute atomic E-state index is 0.602. The molecule has 0 nitrogen and oxygen atoms in total. The van der Waals surface area contributed by atoms with E-state index in [1.165, 1.54) is 0 Å². The van der Waals surface area contributed by atoms with Gasteiger partial charge in [0.05, 0.1) is 0 Å². The van der Waals surface area contributed by atoms with Crippen LogP contribution in [0.1, 0.15) is 12.0 Å². The number of rotatable bonds is 1. The molecule has 2 rings (SSSR count). The predicted octanol–water partition coefficient (Wildman–Crippen LogP) is 5.11. The molecule has 0 spiro atoms. The van der Waals surface area contributed by atoms with E-state index < -0.39 is 4.21 Å². The Hall–Kier alpha value is -0.0800. The lowest BCUT2D eigenvalue weighted by Gasteiger charge is -2.26. The predicted molar refractivity (Wildman–Crippen MR) is 75.6 cm³/mol. The Kier molecular flexibility index (Phi) is 3.60. The molecule has 0 radical (unpaired) electrons. The molecule has 0 saturated heterocycles. The fourth-order valence-electron chi connectivity index (χ4n) is 1.58. The van der Waals surface area contributed by atoms with Gasteiger partial charge in [0, 0.05) is 10.1 Å². The van der Waals surface area contributed by atoms with Crippen LogP contribution in [0, 0.1) is 0 Å². The average Bonchev–Trinajstić information content (AvgIpc) is 2.23. The molecule has 1 aliphatic carbocycles. The first kappa shape index (κ1) is 12.4. The molecule has 0 fully saturated rings. The summed E-state index contributed by atoms with van der Waals surface area (Å²) in [7, 11) is 0. The van der Waals surface area contributed by atoms with E-state index in [9.17, 15) is 0 Å². The molecule has 0 aliphatic heterocycles. The van der Waals surface area contributed by atoms with E-state index in [1.54, 1.807) is 0 Å². The van der Waals surface area contributed by atoms with Crippen molar-refractivity contribution in [2.45, 2.75) is 10.6 Å². The van der Waals surface area contributed by atoms with Crippen molar-refractivity contribution in [3.8, 4) is 0 Å². The number of benzene rings is 1. The van der Waals surface area contributed by atoms with Gasteiger partial charge in [-0.05, 0) is 35.8 Å². The zero-order chi connectivity index (χ0) is 11.8. The van der Waals surface area contributed by atoms with Crippen molar-refractivity contribution in [1.29, 1.82) is 0 Å². The van der Waals surface area contributed by atoms with Crippen molar-refractivity contribution in [2.24, 2.45) is 0 Å². The van der Waals surface area contributed by atoms with Crippen LogP contribution in [0.4, 0.5) is 0 Å². The molecule has 1 aliphatic rings. The Bertz CT molecular complexity index is 458. The quantitative estimate of drug-likeness (QED) is 0.539. The maximum atomic E-state index is 6.34. The summed E-state index contributed by atoms with van der Waals surface area (Å²) < 4.78 is -0.702. The summed E-state index contributed by atoms with van der Waals surface area (Å²) in [6, 6.07) is 7.48. The second-order valence-electron chi connectivity index (χ2n) is 3.62. The summed E-state index contributed by atoms with van der Waals surface area (Å²) in [6.07, 6.45) is 4.31. The van der Waals surface area contributed by atoms with Crippen molar-refractivity contribution in [1.82, 2.24) is 0 Å². The molecule has 0 aromatic heterocycles. The zero-order valence-electron chi connectivity index (χ0n) is 8.25. The lowest BCUT2D eigenvalue weighted by molar-refractivity contribution is 0.999. The molecule has 4 heteroatoms. The Morgan fingerprint density at radius 1 is 1.12 bits per heavy atom. The van der Waals surface area contributed by atoms with Crippen molar-refractivity contribution >= 4 is 53.0 Å². The van der Waals surface area contributed by atoms with Gasteiger partial charge in [-0.15, -0.1) is 11.6 Å². The van der Waals surface area contributed by atoms with Gasteiger partial charge in [0.15, 0.2) is 0 Å². The van der Waals surface area contributed by atoms with Crippen LogP contribution in [0.25, 0.3) is 5.57 Å². The van der Waals surface area contributed by atoms with Crippen molar-refractivity contribution in [3.63, 3.8) is 0 Å². The summed E-state index contributed by atoms with van der Waals surface area (Å²) in [5.41, 5.74) is 1.89. The zero-order valence-corrected chi connectivity index (χ0v) is 11.4. The van der Waals surface area contributed by atoms with Gasteiger partial charge < -0.3 is 0 Å². The SMILES string of the molecule is SC1(Cl)CC=C(Cl)C=C1c1ccc(Cl)cc1. The number of halogens is 3. The molecule has 0 heterocycles. The van der Waals surface area contributed by atoms with Gasteiger partial charge in [-0.25, -0.2) is 0 Å². The van der Waals surface area contributed by atoms with E-state index >= 15 is 0 Å². The van der Waals surface area contributed by atoms with Gasteiger partial charge in [0.25, 0.3) is 0 Å². The van der Waals surface area contributed by atoms with Gasteiger partial charge in [-0.3, -0.25) is 0 Å². The van der Waals surface area contributed by atoms with E-state index in [-0.39, 0.29) is 0 Å². The Morgan fingerprint density at radius 3 is 2.38 bits per heavy atom. The van der Waals surface area contributed by atoms with Crippen LogP contribution in [0.5, 0.6) is 0 Å². The first-order valence-corrected chi connectivity index (χ1v) is 6.32. The summed E-state index contributed by atoms with van der Waals surface area (Å²) in [5, 5.41) is 1.39. The number of hydrogen-bond donors (Lipinski definition) is 1. The van der Waals surface area contributed by atoms with Crippen LogP contribution in [-0.4, -0.2) is 4.21 Å². The normalized spacial score (nSPS) is 25.0. The van der Waals surface area contributed by atoms with Crippen LogP contribution < -0.4 is 0 Å². The van der Waals surface area contributed by atoms with E-state index in [0.29, 0.717) is 16.5 Å². The highest BCUT2D eigenvalue weighted by Gasteiger charge is 2.30. The second-order valence-corrected chi connectivity index (χ2v) is 6.16. The maximum Gasteiger partial charge on any atom is 0.116 e. The standard InChI is InChI=1S/C12H9Cl3S/c13-9-3-1-8(2-4-9)11-7-10(14)5-6-12(11,15)16/h1-5,7,16H,6H2. The van der Waals surface area contributed by atoms with Crippen molar-refractivity contribution < 1.29 is 0 Å². The van der Waals surface area contributed by atoms with E-state index in [0.717, 1.165) is 11.1 Å². The lowest BCUT2D eigenvalue weighted by atomic mass is 9.96. The molecule has 1 aromatic carbocycles. The van der Waals surface area contributed by atoms with Crippen molar-refractivity contribution in [2.75, 3.05) is 0 Å². The number of allylic oxidation sites excluding steroid dienone is 3. The molecule has 84 valence electrons. The third-order valence-corrected chi connectivity index (χ3v) is 3.71. The fourth-order valence-corrected chi connectivity index (χ4v) is 2.42. The molecule has 0 amide bonds. The van der Waals surface area contributed by atoms with E-state index in [4.69, 9.17) is 34.8 Å². The van der Waals surface area contributed by atoms with E-state index in [1.807, 2.05) is 36.4 Å². The minimum Gasteiger partial charge on any atom is -0.151 e. The number of hydrogen-bond acceptors (Lipinski definition) is 1. The summed E-state index contributed by atoms with van der Waals surface area (Å²) in [4.78, 5) is 0. The molecule has 16 heavy (non-hydrogen) atoms.